The Morgan fingerprint density at radius 2 is 2.05 bits per heavy atom. The first-order chi connectivity index (χ1) is 10.5. The van der Waals surface area contributed by atoms with Crippen LogP contribution in [0.25, 0.3) is 0 Å². The number of aliphatic hydroxyl groups excluding tert-OH is 1. The fourth-order valence-electron chi connectivity index (χ4n) is 6.52. The molecule has 4 aliphatic rings. The van der Waals surface area contributed by atoms with Crippen LogP contribution in [0.5, 0.6) is 0 Å². The topological polar surface area (TPSA) is 37.3 Å². The van der Waals surface area contributed by atoms with Gasteiger partial charge in [0.15, 0.2) is 0 Å². The van der Waals surface area contributed by atoms with Crippen molar-refractivity contribution in [1.82, 2.24) is 0 Å². The van der Waals surface area contributed by atoms with E-state index in [0.29, 0.717) is 18.8 Å². The van der Waals surface area contributed by atoms with Crippen molar-refractivity contribution in [1.29, 1.82) is 0 Å². The Morgan fingerprint density at radius 1 is 1.23 bits per heavy atom. The van der Waals surface area contributed by atoms with E-state index in [9.17, 15) is 14.3 Å². The molecular formula is C19H27FO2. The number of Topliss-reactive ketones (excluding diaryl/α,β-unsaturated/α-hetero) is 1. The molecule has 0 heterocycles. The van der Waals surface area contributed by atoms with Crippen LogP contribution in [0.15, 0.2) is 11.6 Å². The van der Waals surface area contributed by atoms with Crippen molar-refractivity contribution in [3.63, 3.8) is 0 Å². The molecule has 0 amide bonds. The molecular weight excluding hydrogens is 279 g/mol. The van der Waals surface area contributed by atoms with E-state index in [4.69, 9.17) is 0 Å². The van der Waals surface area contributed by atoms with Crippen LogP contribution in [0.3, 0.4) is 0 Å². The summed E-state index contributed by atoms with van der Waals surface area (Å²) in [6, 6.07) is 0. The number of rotatable bonds is 1. The number of ketones is 1. The number of carbonyl (C=O) groups is 1. The number of aliphatic hydroxyl groups is 1. The van der Waals surface area contributed by atoms with Gasteiger partial charge < -0.3 is 5.11 Å². The van der Waals surface area contributed by atoms with Gasteiger partial charge in [-0.15, -0.1) is 0 Å². The number of fused-ring (bicyclic) bond motifs is 5. The van der Waals surface area contributed by atoms with Crippen LogP contribution >= 0.6 is 0 Å². The van der Waals surface area contributed by atoms with Crippen molar-refractivity contribution in [2.24, 2.45) is 28.6 Å². The fourth-order valence-corrected chi connectivity index (χ4v) is 6.52. The zero-order chi connectivity index (χ0) is 15.5. The summed E-state index contributed by atoms with van der Waals surface area (Å²) in [7, 11) is 0. The molecule has 0 aromatic heterocycles. The smallest absolute Gasteiger partial charge is 0.141 e. The van der Waals surface area contributed by atoms with Crippen molar-refractivity contribution >= 4 is 5.78 Å². The molecule has 0 saturated heterocycles. The monoisotopic (exact) mass is 306 g/mol. The summed E-state index contributed by atoms with van der Waals surface area (Å²) in [5.41, 5.74) is 0.846. The SMILES string of the molecule is C[C@]12CCCCC1=C[C@@H](O)[C@H]1[C@@H]3CCC(=O)[C@@]3(CF)CC[C@@H]12. The van der Waals surface area contributed by atoms with Gasteiger partial charge in [0.2, 0.25) is 0 Å². The van der Waals surface area contributed by atoms with Crippen molar-refractivity contribution in [2.75, 3.05) is 6.67 Å². The van der Waals surface area contributed by atoms with Crippen molar-refractivity contribution < 1.29 is 14.3 Å². The highest BCUT2D eigenvalue weighted by Crippen LogP contribution is 2.64. The summed E-state index contributed by atoms with van der Waals surface area (Å²) in [6.07, 6.45) is 9.27. The Kier molecular flexibility index (Phi) is 3.31. The highest BCUT2D eigenvalue weighted by Gasteiger charge is 2.62. The average molecular weight is 306 g/mol. The number of carbonyl (C=O) groups excluding carboxylic acids is 1. The molecule has 3 saturated carbocycles. The Labute approximate surface area is 132 Å². The molecule has 0 radical (unpaired) electrons. The molecule has 0 aliphatic heterocycles. The Hall–Kier alpha value is -0.700. The molecule has 122 valence electrons. The van der Waals surface area contributed by atoms with Gasteiger partial charge in [-0.1, -0.05) is 25.0 Å². The molecule has 6 atom stereocenters. The Bertz CT molecular complexity index is 528. The summed E-state index contributed by atoms with van der Waals surface area (Å²) < 4.78 is 13.9. The largest absolute Gasteiger partial charge is 0.389 e. The number of hydrogen-bond donors (Lipinski definition) is 1. The average Bonchev–Trinajstić information content (AvgIpc) is 2.86. The lowest BCUT2D eigenvalue weighted by atomic mass is 9.47. The summed E-state index contributed by atoms with van der Waals surface area (Å²) >= 11 is 0. The molecule has 3 heteroatoms. The third-order valence-corrected chi connectivity index (χ3v) is 7.73. The minimum atomic E-state index is -0.765. The lowest BCUT2D eigenvalue weighted by Gasteiger charge is -2.57. The zero-order valence-electron chi connectivity index (χ0n) is 13.5. The maximum absolute atomic E-state index is 13.9. The molecule has 4 aliphatic carbocycles. The first-order valence-electron chi connectivity index (χ1n) is 9.01. The standard InChI is InChI=1S/C19H27FO2/c1-18-8-3-2-4-12(18)10-15(21)17-13(18)7-9-19(11-20)14(17)5-6-16(19)22/h10,13-15,17,21H,2-9,11H2,1H3/t13-,14-,15+,17+,18-,19+/m0/s1. The molecule has 4 rings (SSSR count). The molecule has 0 bridgehead atoms. The van der Waals surface area contributed by atoms with E-state index in [1.165, 1.54) is 24.8 Å². The first kappa shape index (κ1) is 14.9. The normalized spacial score (nSPS) is 50.9. The number of halogens is 1. The maximum atomic E-state index is 13.9. The summed E-state index contributed by atoms with van der Waals surface area (Å²) in [6.45, 7) is 1.83. The molecule has 22 heavy (non-hydrogen) atoms. The first-order valence-corrected chi connectivity index (χ1v) is 9.01. The van der Waals surface area contributed by atoms with E-state index >= 15 is 0 Å². The van der Waals surface area contributed by atoms with Crippen molar-refractivity contribution in [2.45, 2.75) is 64.4 Å². The third kappa shape index (κ3) is 1.72. The van der Waals surface area contributed by atoms with Gasteiger partial charge in [0.1, 0.15) is 12.5 Å². The predicted octanol–water partition coefficient (Wildman–Crippen LogP) is 3.83. The summed E-state index contributed by atoms with van der Waals surface area (Å²) in [4.78, 5) is 12.4. The third-order valence-electron chi connectivity index (χ3n) is 7.73. The number of allylic oxidation sites excluding steroid dienone is 1. The van der Waals surface area contributed by atoms with E-state index in [0.717, 1.165) is 19.3 Å². The molecule has 2 nitrogen and oxygen atoms in total. The molecule has 0 aromatic rings. The van der Waals surface area contributed by atoms with Crippen LogP contribution in [0.1, 0.15) is 58.3 Å². The molecule has 0 aromatic carbocycles. The summed E-state index contributed by atoms with van der Waals surface area (Å²) in [5, 5.41) is 10.8. The highest BCUT2D eigenvalue weighted by molar-refractivity contribution is 5.87. The van der Waals surface area contributed by atoms with Gasteiger partial charge in [-0.05, 0) is 61.7 Å². The zero-order valence-corrected chi connectivity index (χ0v) is 13.5. The van der Waals surface area contributed by atoms with Crippen molar-refractivity contribution in [3.05, 3.63) is 11.6 Å². The maximum Gasteiger partial charge on any atom is 0.141 e. The second-order valence-electron chi connectivity index (χ2n) is 8.39. The van der Waals surface area contributed by atoms with Crippen LogP contribution in [0.2, 0.25) is 0 Å². The van der Waals surface area contributed by atoms with Gasteiger partial charge in [0.05, 0.1) is 11.5 Å². The van der Waals surface area contributed by atoms with Crippen LogP contribution in [-0.2, 0) is 4.79 Å². The second-order valence-corrected chi connectivity index (χ2v) is 8.39. The minimum Gasteiger partial charge on any atom is -0.389 e. The van der Waals surface area contributed by atoms with Gasteiger partial charge in [-0.2, -0.15) is 0 Å². The molecule has 1 N–H and O–H groups in total. The van der Waals surface area contributed by atoms with Gasteiger partial charge >= 0.3 is 0 Å². The van der Waals surface area contributed by atoms with Gasteiger partial charge in [0.25, 0.3) is 0 Å². The Morgan fingerprint density at radius 3 is 2.82 bits per heavy atom. The van der Waals surface area contributed by atoms with Gasteiger partial charge in [-0.25, -0.2) is 4.39 Å². The number of hydrogen-bond acceptors (Lipinski definition) is 2. The fraction of sp³-hybridized carbons (Fsp3) is 0.842. The quantitative estimate of drug-likeness (QED) is 0.748. The predicted molar refractivity (Wildman–Crippen MR) is 83.0 cm³/mol. The van der Waals surface area contributed by atoms with Crippen LogP contribution in [0, 0.1) is 28.6 Å². The second kappa shape index (κ2) is 4.90. The molecule has 0 unspecified atom stereocenters. The van der Waals surface area contributed by atoms with E-state index < -0.39 is 18.2 Å². The molecule has 0 spiro atoms. The molecule has 3 fully saturated rings. The van der Waals surface area contributed by atoms with E-state index in [-0.39, 0.29) is 23.0 Å². The summed E-state index contributed by atoms with van der Waals surface area (Å²) in [5.74, 6) is 0.686. The van der Waals surface area contributed by atoms with E-state index in [2.05, 4.69) is 13.0 Å². The van der Waals surface area contributed by atoms with E-state index in [1.54, 1.807) is 0 Å². The lowest BCUT2D eigenvalue weighted by molar-refractivity contribution is -0.139. The Balaban J connectivity index is 1.76. The van der Waals surface area contributed by atoms with E-state index in [1.807, 2.05) is 0 Å². The van der Waals surface area contributed by atoms with Gasteiger partial charge in [0, 0.05) is 6.42 Å². The lowest BCUT2D eigenvalue weighted by Crippen LogP contribution is -2.55. The minimum absolute atomic E-state index is 0.0512. The van der Waals surface area contributed by atoms with Crippen LogP contribution in [0.4, 0.5) is 4.39 Å². The van der Waals surface area contributed by atoms with Gasteiger partial charge in [-0.3, -0.25) is 4.79 Å². The number of alkyl halides is 1. The van der Waals surface area contributed by atoms with Crippen LogP contribution < -0.4 is 0 Å². The van der Waals surface area contributed by atoms with Crippen molar-refractivity contribution in [3.8, 4) is 0 Å². The van der Waals surface area contributed by atoms with Crippen LogP contribution in [-0.4, -0.2) is 23.7 Å². The highest BCUT2D eigenvalue weighted by atomic mass is 19.1.